The van der Waals surface area contributed by atoms with Crippen molar-refractivity contribution >= 4 is 17.5 Å². The van der Waals surface area contributed by atoms with Gasteiger partial charge >= 0.3 is 5.97 Å². The van der Waals surface area contributed by atoms with Crippen molar-refractivity contribution in [1.29, 1.82) is 0 Å². The molecule has 0 aromatic carbocycles. The van der Waals surface area contributed by atoms with Crippen LogP contribution in [0.15, 0.2) is 6.07 Å². The van der Waals surface area contributed by atoms with E-state index in [2.05, 4.69) is 4.98 Å². The molecule has 0 bridgehead atoms. The summed E-state index contributed by atoms with van der Waals surface area (Å²) >= 11 is 0. The van der Waals surface area contributed by atoms with E-state index in [1.807, 2.05) is 0 Å². The smallest absolute Gasteiger partial charge is 0.307 e. The zero-order chi connectivity index (χ0) is 13.2. The average Bonchev–Trinajstić information content (AvgIpc) is 2.19. The van der Waals surface area contributed by atoms with Gasteiger partial charge in [-0.25, -0.2) is 13.8 Å². The number of carbonyl (C=O) groups is 1. The van der Waals surface area contributed by atoms with Crippen LogP contribution in [0.4, 0.5) is 20.3 Å². The lowest BCUT2D eigenvalue weighted by Gasteiger charge is -2.06. The van der Waals surface area contributed by atoms with Crippen LogP contribution in [0.3, 0.4) is 0 Å². The number of rotatable bonds is 4. The number of hydrogen-bond acceptors (Lipinski definition) is 5. The van der Waals surface area contributed by atoms with Crippen molar-refractivity contribution in [2.75, 3.05) is 5.73 Å². The normalized spacial score (nSPS) is 10.5. The highest BCUT2D eigenvalue weighted by Crippen LogP contribution is 2.30. The predicted molar refractivity (Wildman–Crippen MR) is 51.6 cm³/mol. The van der Waals surface area contributed by atoms with Crippen molar-refractivity contribution in [1.82, 2.24) is 4.98 Å². The monoisotopic (exact) mass is 247 g/mol. The Balaban J connectivity index is 3.34. The van der Waals surface area contributed by atoms with Crippen LogP contribution >= 0.6 is 0 Å². The highest BCUT2D eigenvalue weighted by molar-refractivity contribution is 5.72. The lowest BCUT2D eigenvalue weighted by molar-refractivity contribution is -0.386. The molecule has 92 valence electrons. The Bertz CT molecular complexity index is 478. The lowest BCUT2D eigenvalue weighted by Crippen LogP contribution is -2.09. The van der Waals surface area contributed by atoms with Gasteiger partial charge in [0.2, 0.25) is 0 Å². The first-order valence-corrected chi connectivity index (χ1v) is 4.26. The number of aromatic nitrogens is 1. The van der Waals surface area contributed by atoms with E-state index in [0.29, 0.717) is 6.07 Å². The van der Waals surface area contributed by atoms with Gasteiger partial charge in [0.1, 0.15) is 5.82 Å². The molecule has 0 spiro atoms. The third-order valence-corrected chi connectivity index (χ3v) is 1.89. The van der Waals surface area contributed by atoms with Crippen LogP contribution in [0.5, 0.6) is 0 Å². The predicted octanol–water partition coefficient (Wildman–Crippen LogP) is 1.14. The first kappa shape index (κ1) is 12.7. The molecule has 0 saturated carbocycles. The highest BCUT2D eigenvalue weighted by atomic mass is 19.3. The maximum absolute atomic E-state index is 12.4. The quantitative estimate of drug-likeness (QED) is 0.608. The number of alkyl halides is 2. The van der Waals surface area contributed by atoms with E-state index in [4.69, 9.17) is 10.8 Å². The van der Waals surface area contributed by atoms with Gasteiger partial charge in [-0.3, -0.25) is 14.9 Å². The second kappa shape index (κ2) is 4.68. The summed E-state index contributed by atoms with van der Waals surface area (Å²) in [5, 5.41) is 19.0. The number of nitrogens with two attached hydrogens (primary N) is 1. The van der Waals surface area contributed by atoms with Crippen LogP contribution in [-0.2, 0) is 11.2 Å². The van der Waals surface area contributed by atoms with E-state index in [1.54, 1.807) is 0 Å². The largest absolute Gasteiger partial charge is 0.481 e. The van der Waals surface area contributed by atoms with Gasteiger partial charge < -0.3 is 10.8 Å². The minimum atomic E-state index is -3.16. The molecule has 7 nitrogen and oxygen atoms in total. The first-order chi connectivity index (χ1) is 7.82. The van der Waals surface area contributed by atoms with Gasteiger partial charge in [0.05, 0.1) is 11.3 Å². The Morgan fingerprint density at radius 3 is 2.65 bits per heavy atom. The number of pyridine rings is 1. The number of hydrogen-bond donors (Lipinski definition) is 2. The standard InChI is InChI=1S/C8H7F2N3O4/c9-7(10)6-4(13(16)17)1-3(2-5(14)15)8(11)12-6/h1,7H,2H2,(H2,11,12)(H,14,15). The summed E-state index contributed by atoms with van der Waals surface area (Å²) in [5.41, 5.74) is 3.07. The SMILES string of the molecule is Nc1nc(C(F)F)c([N+](=O)[O-])cc1CC(=O)O. The highest BCUT2D eigenvalue weighted by Gasteiger charge is 2.26. The summed E-state index contributed by atoms with van der Waals surface area (Å²) in [6.07, 6.45) is -3.78. The molecular formula is C8H7F2N3O4. The number of carboxylic acid groups (broad SMARTS) is 1. The molecule has 1 aromatic heterocycles. The summed E-state index contributed by atoms with van der Waals surface area (Å²) in [6, 6.07) is 0.706. The molecule has 0 atom stereocenters. The Kier molecular flexibility index (Phi) is 3.51. The topological polar surface area (TPSA) is 119 Å². The molecule has 9 heteroatoms. The minimum Gasteiger partial charge on any atom is -0.481 e. The second-order valence-electron chi connectivity index (χ2n) is 3.07. The molecular weight excluding hydrogens is 240 g/mol. The zero-order valence-electron chi connectivity index (χ0n) is 8.26. The Labute approximate surface area is 93.0 Å². The fraction of sp³-hybridized carbons (Fsp3) is 0.250. The number of anilines is 1. The third kappa shape index (κ3) is 2.83. The van der Waals surface area contributed by atoms with Gasteiger partial charge in [0, 0.05) is 11.6 Å². The van der Waals surface area contributed by atoms with Crippen LogP contribution in [-0.4, -0.2) is 21.0 Å². The summed E-state index contributed by atoms with van der Waals surface area (Å²) in [7, 11) is 0. The van der Waals surface area contributed by atoms with Gasteiger partial charge in [-0.05, 0) is 0 Å². The molecule has 0 aliphatic carbocycles. The molecule has 0 fully saturated rings. The molecule has 17 heavy (non-hydrogen) atoms. The first-order valence-electron chi connectivity index (χ1n) is 4.26. The number of nitrogen functional groups attached to an aromatic ring is 1. The molecule has 1 rings (SSSR count). The number of halogens is 2. The maximum atomic E-state index is 12.4. The van der Waals surface area contributed by atoms with Gasteiger partial charge in [0.15, 0.2) is 5.69 Å². The Morgan fingerprint density at radius 2 is 2.24 bits per heavy atom. The van der Waals surface area contributed by atoms with Crippen LogP contribution < -0.4 is 5.73 Å². The Morgan fingerprint density at radius 1 is 1.65 bits per heavy atom. The lowest BCUT2D eigenvalue weighted by atomic mass is 10.1. The van der Waals surface area contributed by atoms with Gasteiger partial charge in [-0.1, -0.05) is 0 Å². The van der Waals surface area contributed by atoms with Crippen molar-refractivity contribution < 1.29 is 23.6 Å². The van der Waals surface area contributed by atoms with E-state index in [-0.39, 0.29) is 5.56 Å². The van der Waals surface area contributed by atoms with Crippen LogP contribution in [0, 0.1) is 10.1 Å². The van der Waals surface area contributed by atoms with Gasteiger partial charge in [-0.15, -0.1) is 0 Å². The van der Waals surface area contributed by atoms with E-state index in [1.165, 1.54) is 0 Å². The summed E-state index contributed by atoms with van der Waals surface area (Å²) < 4.78 is 24.8. The molecule has 0 unspecified atom stereocenters. The molecule has 1 aromatic rings. The minimum absolute atomic E-state index is 0.173. The molecule has 3 N–H and O–H groups in total. The van der Waals surface area contributed by atoms with Gasteiger partial charge in [-0.2, -0.15) is 0 Å². The van der Waals surface area contributed by atoms with Crippen molar-refractivity contribution in [2.24, 2.45) is 0 Å². The van der Waals surface area contributed by atoms with Crippen molar-refractivity contribution in [3.8, 4) is 0 Å². The van der Waals surface area contributed by atoms with Crippen molar-refractivity contribution in [3.63, 3.8) is 0 Å². The number of carboxylic acids is 1. The molecule has 0 radical (unpaired) electrons. The second-order valence-corrected chi connectivity index (χ2v) is 3.07. The van der Waals surface area contributed by atoms with Crippen LogP contribution in [0.25, 0.3) is 0 Å². The summed E-state index contributed by atoms with van der Waals surface area (Å²) in [5.74, 6) is -1.74. The van der Waals surface area contributed by atoms with E-state index < -0.39 is 40.9 Å². The number of aliphatic carboxylic acids is 1. The van der Waals surface area contributed by atoms with E-state index >= 15 is 0 Å². The van der Waals surface area contributed by atoms with E-state index in [9.17, 15) is 23.7 Å². The van der Waals surface area contributed by atoms with Crippen LogP contribution in [0.1, 0.15) is 17.7 Å². The fourth-order valence-corrected chi connectivity index (χ4v) is 1.18. The third-order valence-electron chi connectivity index (χ3n) is 1.89. The number of nitro groups is 1. The summed E-state index contributed by atoms with van der Waals surface area (Å²) in [4.78, 5) is 23.1. The van der Waals surface area contributed by atoms with Gasteiger partial charge in [0.25, 0.3) is 12.1 Å². The fourth-order valence-electron chi connectivity index (χ4n) is 1.18. The van der Waals surface area contributed by atoms with Crippen LogP contribution in [0.2, 0.25) is 0 Å². The van der Waals surface area contributed by atoms with Crippen molar-refractivity contribution in [2.45, 2.75) is 12.8 Å². The summed E-state index contributed by atoms with van der Waals surface area (Å²) in [6.45, 7) is 0. The molecule has 0 amide bonds. The van der Waals surface area contributed by atoms with Crippen molar-refractivity contribution in [3.05, 3.63) is 27.4 Å². The zero-order valence-corrected chi connectivity index (χ0v) is 8.26. The molecule has 0 aliphatic rings. The number of nitrogens with zero attached hydrogens (tertiary/aromatic N) is 2. The average molecular weight is 247 g/mol. The molecule has 0 saturated heterocycles. The molecule has 1 heterocycles. The maximum Gasteiger partial charge on any atom is 0.307 e. The molecule has 0 aliphatic heterocycles. The Hall–Kier alpha value is -2.32. The van der Waals surface area contributed by atoms with E-state index in [0.717, 1.165) is 0 Å².